The third-order valence-corrected chi connectivity index (χ3v) is 5.24. The second kappa shape index (κ2) is 8.51. The molecule has 2 aromatic heterocycles. The predicted molar refractivity (Wildman–Crippen MR) is 101 cm³/mol. The van der Waals surface area contributed by atoms with E-state index in [-0.39, 0.29) is 35.6 Å². The van der Waals surface area contributed by atoms with Crippen LogP contribution in [0.5, 0.6) is 0 Å². The number of hydrogen-bond acceptors (Lipinski definition) is 9. The molecule has 0 bridgehead atoms. The Labute approximate surface area is 176 Å². The molecular formula is C17H22N5O8P. The highest BCUT2D eigenvalue weighted by Gasteiger charge is 2.50. The summed E-state index contributed by atoms with van der Waals surface area (Å²) in [6, 6.07) is 5.04. The van der Waals surface area contributed by atoms with E-state index in [4.69, 9.17) is 24.7 Å². The van der Waals surface area contributed by atoms with Crippen LogP contribution < -0.4 is 5.49 Å². The molecule has 3 atom stereocenters. The van der Waals surface area contributed by atoms with Crippen LogP contribution in [0.25, 0.3) is 5.52 Å². The number of aromatic nitrogens is 3. The number of phosphoric ester groups is 1. The van der Waals surface area contributed by atoms with Crippen molar-refractivity contribution >= 4 is 19.3 Å². The first-order valence-electron chi connectivity index (χ1n) is 9.23. The van der Waals surface area contributed by atoms with Crippen molar-refractivity contribution in [2.24, 2.45) is 5.92 Å². The zero-order valence-corrected chi connectivity index (χ0v) is 17.6. The molecular weight excluding hydrogens is 433 g/mol. The Morgan fingerprint density at radius 1 is 1.52 bits per heavy atom. The number of aliphatic hydroxyl groups is 1. The number of carbonyl (C=O) groups is 1. The molecule has 2 aromatic rings. The Bertz CT molecular complexity index is 1130. The molecule has 1 aliphatic heterocycles. The largest absolute Gasteiger partial charge is 0.471 e. The van der Waals surface area contributed by atoms with Gasteiger partial charge in [-0.15, -0.1) is 0 Å². The van der Waals surface area contributed by atoms with Crippen LogP contribution in [0.3, 0.4) is 0 Å². The number of nitrogens with zero attached hydrogens (tertiary/aromatic N) is 4. The molecule has 0 radical (unpaired) electrons. The van der Waals surface area contributed by atoms with Gasteiger partial charge in [0.15, 0.2) is 11.1 Å². The van der Waals surface area contributed by atoms with E-state index in [0.29, 0.717) is 0 Å². The Hall–Kier alpha value is -2.59. The number of nitrogens with one attached hydrogen (secondary N) is 1. The van der Waals surface area contributed by atoms with E-state index in [1.165, 1.54) is 16.6 Å². The average Bonchev–Trinajstić information content (AvgIpc) is 3.27. The molecule has 0 spiro atoms. The van der Waals surface area contributed by atoms with Crippen LogP contribution in [0.4, 0.5) is 0 Å². The van der Waals surface area contributed by atoms with Gasteiger partial charge in [0.05, 0.1) is 17.7 Å². The maximum atomic E-state index is 11.7. The summed E-state index contributed by atoms with van der Waals surface area (Å²) in [5.41, 5.74) is -1.31. The minimum atomic E-state index is -4.74. The first kappa shape index (κ1) is 23.1. The van der Waals surface area contributed by atoms with Crippen molar-refractivity contribution in [1.29, 1.82) is 10.7 Å². The Kier molecular flexibility index (Phi) is 6.33. The molecule has 3 rings (SSSR count). The van der Waals surface area contributed by atoms with Crippen LogP contribution in [0.1, 0.15) is 26.0 Å². The molecule has 0 saturated carbocycles. The SMILES string of the molecule is CC(C)C(=O)OC[C@H]1O[C@@](C#N)(c2ccc3c(=N)n(COP(=O)(O)O)cnn23)C[C@@H]1O. The van der Waals surface area contributed by atoms with E-state index in [2.05, 4.69) is 9.62 Å². The highest BCUT2D eigenvalue weighted by Crippen LogP contribution is 2.39. The molecule has 3 heterocycles. The second-order valence-electron chi connectivity index (χ2n) is 7.37. The molecule has 1 aliphatic rings. The van der Waals surface area contributed by atoms with Gasteiger partial charge in [-0.3, -0.25) is 19.3 Å². The first-order valence-corrected chi connectivity index (χ1v) is 10.8. The summed E-state index contributed by atoms with van der Waals surface area (Å²) in [6.45, 7) is 2.51. The number of nitriles is 1. The van der Waals surface area contributed by atoms with Gasteiger partial charge in [-0.25, -0.2) is 9.08 Å². The number of esters is 1. The van der Waals surface area contributed by atoms with Crippen molar-refractivity contribution in [2.75, 3.05) is 6.61 Å². The van der Waals surface area contributed by atoms with Crippen LogP contribution >= 0.6 is 7.82 Å². The van der Waals surface area contributed by atoms with Crippen LogP contribution in [-0.2, 0) is 35.7 Å². The molecule has 14 heteroatoms. The molecule has 1 saturated heterocycles. The van der Waals surface area contributed by atoms with E-state index >= 15 is 0 Å². The zero-order valence-electron chi connectivity index (χ0n) is 16.7. The van der Waals surface area contributed by atoms with Crippen molar-refractivity contribution < 1.29 is 38.3 Å². The van der Waals surface area contributed by atoms with Gasteiger partial charge in [0.25, 0.3) is 0 Å². The highest BCUT2D eigenvalue weighted by atomic mass is 31.2. The van der Waals surface area contributed by atoms with Gasteiger partial charge < -0.3 is 24.4 Å². The molecule has 168 valence electrons. The molecule has 1 fully saturated rings. The summed E-state index contributed by atoms with van der Waals surface area (Å²) in [6.07, 6.45) is -0.989. The first-order chi connectivity index (χ1) is 14.5. The standard InChI is InChI=1S/C17H22N5O8P/c1-10(2)16(24)28-6-13-12(23)5-17(7-18,30-13)14-4-3-11-15(19)21(8-20-22(11)14)9-29-31(25,26)27/h3-4,8,10,12-13,19,23H,5-6,9H2,1-2H3,(H2,25,26,27)/t12-,13+,17-/m0/s1. The number of carbonyl (C=O) groups excluding carboxylic acids is 1. The topological polar surface area (TPSA) is 192 Å². The summed E-state index contributed by atoms with van der Waals surface area (Å²) in [7, 11) is -4.74. The smallest absolute Gasteiger partial charge is 0.463 e. The lowest BCUT2D eigenvalue weighted by atomic mass is 9.96. The van der Waals surface area contributed by atoms with E-state index < -0.39 is 38.3 Å². The van der Waals surface area contributed by atoms with Gasteiger partial charge in [-0.05, 0) is 12.1 Å². The molecule has 0 aromatic carbocycles. The van der Waals surface area contributed by atoms with Crippen molar-refractivity contribution in [3.8, 4) is 6.07 Å². The highest BCUT2D eigenvalue weighted by molar-refractivity contribution is 7.46. The Morgan fingerprint density at radius 2 is 2.23 bits per heavy atom. The fourth-order valence-electron chi connectivity index (χ4n) is 3.17. The Morgan fingerprint density at radius 3 is 2.84 bits per heavy atom. The van der Waals surface area contributed by atoms with Crippen LogP contribution in [0.15, 0.2) is 18.5 Å². The number of hydrogen-bond donors (Lipinski definition) is 4. The fourth-order valence-corrected chi connectivity index (χ4v) is 3.45. The van der Waals surface area contributed by atoms with E-state index in [9.17, 15) is 19.7 Å². The number of ether oxygens (including phenoxy) is 2. The second-order valence-corrected chi connectivity index (χ2v) is 8.60. The number of rotatable bonds is 7. The summed E-state index contributed by atoms with van der Waals surface area (Å²) in [5, 5.41) is 32.6. The third-order valence-electron chi connectivity index (χ3n) is 4.79. The van der Waals surface area contributed by atoms with E-state index in [0.717, 1.165) is 10.9 Å². The summed E-state index contributed by atoms with van der Waals surface area (Å²) < 4.78 is 28.6. The molecule has 4 N–H and O–H groups in total. The van der Waals surface area contributed by atoms with E-state index in [1.807, 2.05) is 6.07 Å². The van der Waals surface area contributed by atoms with Crippen LogP contribution in [-0.4, -0.2) is 53.9 Å². The summed E-state index contributed by atoms with van der Waals surface area (Å²) in [4.78, 5) is 29.4. The quantitative estimate of drug-likeness (QED) is 0.319. The maximum absolute atomic E-state index is 11.7. The van der Waals surface area contributed by atoms with Crippen molar-refractivity contribution in [1.82, 2.24) is 14.2 Å². The summed E-state index contributed by atoms with van der Waals surface area (Å²) in [5.74, 6) is -0.809. The third kappa shape index (κ3) is 4.69. The molecule has 0 amide bonds. The monoisotopic (exact) mass is 455 g/mol. The van der Waals surface area contributed by atoms with Crippen molar-refractivity contribution in [3.05, 3.63) is 29.6 Å². The number of aliphatic hydroxyl groups excluding tert-OH is 1. The minimum Gasteiger partial charge on any atom is -0.463 e. The molecule has 31 heavy (non-hydrogen) atoms. The summed E-state index contributed by atoms with van der Waals surface area (Å²) >= 11 is 0. The van der Waals surface area contributed by atoms with Crippen LogP contribution in [0.2, 0.25) is 0 Å². The minimum absolute atomic E-state index is 0.106. The fraction of sp³-hybridized carbons (Fsp3) is 0.529. The Balaban J connectivity index is 1.89. The van der Waals surface area contributed by atoms with Crippen molar-refractivity contribution in [3.63, 3.8) is 0 Å². The predicted octanol–water partition coefficient (Wildman–Crippen LogP) is -0.250. The molecule has 13 nitrogen and oxygen atoms in total. The van der Waals surface area contributed by atoms with Gasteiger partial charge >= 0.3 is 13.8 Å². The number of phosphoric acid groups is 1. The van der Waals surface area contributed by atoms with Gasteiger partial charge in [-0.1, -0.05) is 13.8 Å². The average molecular weight is 455 g/mol. The van der Waals surface area contributed by atoms with Gasteiger partial charge in [0, 0.05) is 6.42 Å². The maximum Gasteiger partial charge on any atom is 0.471 e. The lowest BCUT2D eigenvalue weighted by Gasteiger charge is -2.21. The van der Waals surface area contributed by atoms with Gasteiger partial charge in [0.1, 0.15) is 37.4 Å². The van der Waals surface area contributed by atoms with Crippen LogP contribution in [0, 0.1) is 22.7 Å². The van der Waals surface area contributed by atoms with Gasteiger partial charge in [0.2, 0.25) is 0 Å². The lowest BCUT2D eigenvalue weighted by molar-refractivity contribution is -0.154. The zero-order chi connectivity index (χ0) is 23.0. The van der Waals surface area contributed by atoms with Crippen molar-refractivity contribution in [2.45, 2.75) is 44.8 Å². The van der Waals surface area contributed by atoms with Gasteiger partial charge in [-0.2, -0.15) is 10.4 Å². The normalized spacial score (nSPS) is 23.9. The molecule has 0 aliphatic carbocycles. The molecule has 0 unspecified atom stereocenters. The lowest BCUT2D eigenvalue weighted by Crippen LogP contribution is -2.31. The number of fused-ring (bicyclic) bond motifs is 1. The van der Waals surface area contributed by atoms with E-state index in [1.54, 1.807) is 13.8 Å².